The van der Waals surface area contributed by atoms with E-state index in [2.05, 4.69) is 127 Å². The highest BCUT2D eigenvalue weighted by Gasteiger charge is 2.15. The van der Waals surface area contributed by atoms with Crippen LogP contribution in [0.15, 0.2) is 127 Å². The van der Waals surface area contributed by atoms with E-state index in [4.69, 9.17) is 15.0 Å². The minimum atomic E-state index is 0.673. The quantitative estimate of drug-likeness (QED) is 0.212. The predicted octanol–water partition coefficient (Wildman–Crippen LogP) is 10.8. The van der Waals surface area contributed by atoms with Crippen LogP contribution < -0.4 is 0 Å². The van der Waals surface area contributed by atoms with Gasteiger partial charge in [-0.15, -0.1) is 22.7 Å². The Bertz CT molecular complexity index is 2360. The van der Waals surface area contributed by atoms with Crippen molar-refractivity contribution in [3.8, 4) is 34.2 Å². The Hall–Kier alpha value is -4.97. The van der Waals surface area contributed by atoms with Gasteiger partial charge in [-0.25, -0.2) is 15.0 Å². The van der Waals surface area contributed by atoms with E-state index >= 15 is 0 Å². The van der Waals surface area contributed by atoms with E-state index < -0.39 is 0 Å². The van der Waals surface area contributed by atoms with Crippen molar-refractivity contribution in [1.29, 1.82) is 0 Å². The standard InChI is InChI=1S/C37H21N3S2/c1-2-8-23-19-24(14-13-22(23)7-1)35-38-36(25-15-17-33-29(20-25)27-9-3-5-11-31(27)41-33)40-37(39-35)26-16-18-34-30(21-26)28-10-4-6-12-32(28)42-34/h1-21H. The molecule has 0 amide bonds. The molecule has 3 nitrogen and oxygen atoms in total. The van der Waals surface area contributed by atoms with Crippen LogP contribution >= 0.6 is 22.7 Å². The van der Waals surface area contributed by atoms with Gasteiger partial charge in [0, 0.05) is 57.0 Å². The van der Waals surface area contributed by atoms with Gasteiger partial charge >= 0.3 is 0 Å². The Morgan fingerprint density at radius 2 is 0.762 bits per heavy atom. The molecule has 3 heterocycles. The maximum absolute atomic E-state index is 5.09. The first kappa shape index (κ1) is 23.7. The molecular weight excluding hydrogens is 551 g/mol. The van der Waals surface area contributed by atoms with Gasteiger partial charge in [-0.3, -0.25) is 0 Å². The second-order valence-corrected chi connectivity index (χ2v) is 12.7. The molecule has 3 aromatic heterocycles. The fourth-order valence-corrected chi connectivity index (χ4v) is 7.99. The summed E-state index contributed by atoms with van der Waals surface area (Å²) in [7, 11) is 0. The van der Waals surface area contributed by atoms with Crippen LogP contribution in [0, 0.1) is 0 Å². The minimum absolute atomic E-state index is 0.673. The van der Waals surface area contributed by atoms with Gasteiger partial charge < -0.3 is 0 Å². The summed E-state index contributed by atoms with van der Waals surface area (Å²) in [5.41, 5.74) is 2.94. The molecule has 0 aliphatic rings. The molecule has 196 valence electrons. The third-order valence-corrected chi connectivity index (χ3v) is 10.2. The van der Waals surface area contributed by atoms with Crippen molar-refractivity contribution in [2.75, 3.05) is 0 Å². The van der Waals surface area contributed by atoms with E-state index in [-0.39, 0.29) is 0 Å². The second-order valence-electron chi connectivity index (χ2n) is 10.5. The summed E-state index contributed by atoms with van der Waals surface area (Å²) in [6.45, 7) is 0. The molecule has 0 aliphatic carbocycles. The molecule has 0 atom stereocenters. The molecule has 0 bridgehead atoms. The summed E-state index contributed by atoms with van der Waals surface area (Å²) in [5.74, 6) is 2.03. The maximum atomic E-state index is 5.09. The SMILES string of the molecule is c1ccc2cc(-c3nc(-c4ccc5sc6ccccc6c5c4)nc(-c4ccc5sc6ccccc6c5c4)n3)ccc2c1. The topological polar surface area (TPSA) is 38.7 Å². The first-order chi connectivity index (χ1) is 20.8. The molecule has 0 unspecified atom stereocenters. The summed E-state index contributed by atoms with van der Waals surface area (Å²) in [6, 6.07) is 45.1. The fourth-order valence-electron chi connectivity index (χ4n) is 5.82. The predicted molar refractivity (Wildman–Crippen MR) is 179 cm³/mol. The smallest absolute Gasteiger partial charge is 0.164 e. The molecule has 5 heteroatoms. The number of hydrogen-bond acceptors (Lipinski definition) is 5. The zero-order valence-corrected chi connectivity index (χ0v) is 23.9. The summed E-state index contributed by atoms with van der Waals surface area (Å²) in [4.78, 5) is 15.2. The number of rotatable bonds is 3. The van der Waals surface area contributed by atoms with Crippen molar-refractivity contribution in [2.45, 2.75) is 0 Å². The van der Waals surface area contributed by atoms with Gasteiger partial charge in [-0.2, -0.15) is 0 Å². The van der Waals surface area contributed by atoms with E-state index in [0.717, 1.165) is 22.1 Å². The number of nitrogens with zero attached hydrogens (tertiary/aromatic N) is 3. The summed E-state index contributed by atoms with van der Waals surface area (Å²) >= 11 is 3.63. The first-order valence-corrected chi connectivity index (χ1v) is 15.5. The van der Waals surface area contributed by atoms with Crippen LogP contribution in [-0.4, -0.2) is 15.0 Å². The van der Waals surface area contributed by atoms with Gasteiger partial charge in [-0.1, -0.05) is 72.8 Å². The van der Waals surface area contributed by atoms with Crippen LogP contribution in [0.5, 0.6) is 0 Å². The van der Waals surface area contributed by atoms with Crippen LogP contribution in [0.3, 0.4) is 0 Å². The van der Waals surface area contributed by atoms with Crippen LogP contribution in [-0.2, 0) is 0 Å². The van der Waals surface area contributed by atoms with Crippen LogP contribution in [0.1, 0.15) is 0 Å². The fraction of sp³-hybridized carbons (Fsp3) is 0. The maximum Gasteiger partial charge on any atom is 0.164 e. The third kappa shape index (κ3) is 3.82. The van der Waals surface area contributed by atoms with E-state index in [1.54, 1.807) is 0 Å². The van der Waals surface area contributed by atoms with Crippen LogP contribution in [0.4, 0.5) is 0 Å². The summed E-state index contributed by atoms with van der Waals surface area (Å²) in [5, 5.41) is 7.34. The third-order valence-electron chi connectivity index (χ3n) is 7.91. The van der Waals surface area contributed by atoms with Gasteiger partial charge in [0.05, 0.1) is 0 Å². The molecule has 0 aliphatic heterocycles. The number of fused-ring (bicyclic) bond motifs is 7. The zero-order valence-electron chi connectivity index (χ0n) is 22.3. The Kier molecular flexibility index (Phi) is 5.24. The van der Waals surface area contributed by atoms with Crippen molar-refractivity contribution in [3.63, 3.8) is 0 Å². The number of thiophene rings is 2. The van der Waals surface area contributed by atoms with Crippen LogP contribution in [0.2, 0.25) is 0 Å². The van der Waals surface area contributed by atoms with Crippen molar-refractivity contribution in [1.82, 2.24) is 15.0 Å². The number of benzene rings is 6. The lowest BCUT2D eigenvalue weighted by molar-refractivity contribution is 1.08. The van der Waals surface area contributed by atoms with E-state index in [0.29, 0.717) is 17.5 Å². The van der Waals surface area contributed by atoms with Gasteiger partial charge in [0.25, 0.3) is 0 Å². The second kappa shape index (κ2) is 9.28. The van der Waals surface area contributed by atoms with Crippen molar-refractivity contribution in [3.05, 3.63) is 127 Å². The van der Waals surface area contributed by atoms with Gasteiger partial charge in [0.15, 0.2) is 17.5 Å². The van der Waals surface area contributed by atoms with Crippen molar-refractivity contribution in [2.24, 2.45) is 0 Å². The lowest BCUT2D eigenvalue weighted by atomic mass is 10.1. The molecule has 0 saturated carbocycles. The first-order valence-electron chi connectivity index (χ1n) is 13.9. The zero-order chi connectivity index (χ0) is 27.6. The lowest BCUT2D eigenvalue weighted by Gasteiger charge is -2.10. The van der Waals surface area contributed by atoms with E-state index in [1.807, 2.05) is 22.7 Å². The Morgan fingerprint density at radius 3 is 1.33 bits per heavy atom. The summed E-state index contributed by atoms with van der Waals surface area (Å²) < 4.78 is 5.10. The average molecular weight is 572 g/mol. The monoisotopic (exact) mass is 571 g/mol. The average Bonchev–Trinajstić information content (AvgIpc) is 3.62. The normalized spacial score (nSPS) is 11.8. The van der Waals surface area contributed by atoms with Gasteiger partial charge in [0.1, 0.15) is 0 Å². The summed E-state index contributed by atoms with van der Waals surface area (Å²) in [6.07, 6.45) is 0. The Balaban J connectivity index is 1.28. The molecule has 9 rings (SSSR count). The molecule has 0 saturated heterocycles. The van der Waals surface area contributed by atoms with E-state index in [9.17, 15) is 0 Å². The minimum Gasteiger partial charge on any atom is -0.208 e. The molecular formula is C37H21N3S2. The Morgan fingerprint density at radius 1 is 0.333 bits per heavy atom. The highest BCUT2D eigenvalue weighted by molar-refractivity contribution is 7.26. The molecule has 0 N–H and O–H groups in total. The van der Waals surface area contributed by atoms with Crippen molar-refractivity contribution >= 4 is 73.8 Å². The lowest BCUT2D eigenvalue weighted by Crippen LogP contribution is -2.00. The van der Waals surface area contributed by atoms with Gasteiger partial charge in [0.2, 0.25) is 0 Å². The van der Waals surface area contributed by atoms with Crippen molar-refractivity contribution < 1.29 is 0 Å². The number of hydrogen-bond donors (Lipinski definition) is 0. The molecule has 6 aromatic carbocycles. The molecule has 0 radical (unpaired) electrons. The highest BCUT2D eigenvalue weighted by atomic mass is 32.1. The largest absolute Gasteiger partial charge is 0.208 e. The number of aromatic nitrogens is 3. The molecule has 9 aromatic rings. The van der Waals surface area contributed by atoms with Gasteiger partial charge in [-0.05, 0) is 65.4 Å². The molecule has 0 spiro atoms. The molecule has 42 heavy (non-hydrogen) atoms. The van der Waals surface area contributed by atoms with Crippen LogP contribution in [0.25, 0.3) is 85.3 Å². The molecule has 0 fully saturated rings. The van der Waals surface area contributed by atoms with E-state index in [1.165, 1.54) is 45.7 Å². The Labute approximate surface area is 249 Å². The highest BCUT2D eigenvalue weighted by Crippen LogP contribution is 2.38.